The summed E-state index contributed by atoms with van der Waals surface area (Å²) in [6, 6.07) is 6.72. The first-order valence-corrected chi connectivity index (χ1v) is 10.1. The third kappa shape index (κ3) is 7.51. The molecule has 0 saturated carbocycles. The molecule has 10 nitrogen and oxygen atoms in total. The molecule has 0 bridgehead atoms. The molecule has 1 fully saturated rings. The molecule has 1 aliphatic heterocycles. The van der Waals surface area contributed by atoms with Gasteiger partial charge in [0.2, 0.25) is 12.4 Å². The highest BCUT2D eigenvalue weighted by Gasteiger charge is 2.53. The summed E-state index contributed by atoms with van der Waals surface area (Å²) < 4.78 is 33.5. The number of halogens is 1. The second kappa shape index (κ2) is 11.1. The van der Waals surface area contributed by atoms with Gasteiger partial charge in [-0.2, -0.15) is 0 Å². The molecule has 0 aliphatic carbocycles. The number of carbonyl (C=O) groups is 4. The number of carbonyl (C=O) groups excluding carboxylic acids is 4. The molecule has 0 N–H and O–H groups in total. The summed E-state index contributed by atoms with van der Waals surface area (Å²) in [6.07, 6.45) is -6.11. The Kier molecular flexibility index (Phi) is 8.81. The molecule has 1 aliphatic rings. The van der Waals surface area contributed by atoms with Gasteiger partial charge in [-0.3, -0.25) is 19.2 Å². The van der Waals surface area contributed by atoms with Gasteiger partial charge in [0.15, 0.2) is 12.2 Å². The summed E-state index contributed by atoms with van der Waals surface area (Å²) in [4.78, 5) is 46.5. The van der Waals surface area contributed by atoms with Gasteiger partial charge in [-0.1, -0.05) is 15.9 Å². The minimum absolute atomic E-state index is 0.321. The van der Waals surface area contributed by atoms with Gasteiger partial charge < -0.3 is 28.4 Å². The Morgan fingerprint density at radius 3 is 1.84 bits per heavy atom. The fraction of sp³-hybridized carbons (Fsp3) is 0.500. The Bertz CT molecular complexity index is 809. The van der Waals surface area contributed by atoms with Crippen LogP contribution >= 0.6 is 15.9 Å². The topological polar surface area (TPSA) is 124 Å². The van der Waals surface area contributed by atoms with Crippen molar-refractivity contribution in [3.8, 4) is 5.75 Å². The van der Waals surface area contributed by atoms with E-state index in [4.69, 9.17) is 28.4 Å². The van der Waals surface area contributed by atoms with Gasteiger partial charge in [-0.15, -0.1) is 0 Å². The van der Waals surface area contributed by atoms with Gasteiger partial charge in [0.05, 0.1) is 0 Å². The lowest BCUT2D eigenvalue weighted by Crippen LogP contribution is -2.63. The van der Waals surface area contributed by atoms with Crippen molar-refractivity contribution in [3.05, 3.63) is 28.7 Å². The minimum atomic E-state index is -1.28. The third-order valence-electron chi connectivity index (χ3n) is 4.01. The SMILES string of the molecule is CC(=O)OC[C@H]1O[C@@H](Oc2ccc(Br)cc2)[C@H](OC(C)=O)[C@@H](OC(C)=O)[C@H]1OC(C)=O. The van der Waals surface area contributed by atoms with Crippen LogP contribution in [0.25, 0.3) is 0 Å². The normalized spacial score (nSPS) is 25.1. The van der Waals surface area contributed by atoms with E-state index in [1.165, 1.54) is 6.92 Å². The van der Waals surface area contributed by atoms with Crippen LogP contribution in [0.3, 0.4) is 0 Å². The first kappa shape index (κ1) is 24.6. The molecule has 1 aromatic rings. The standard InChI is InChI=1S/C20H23BrO10/c1-10(22)26-9-16-17(27-11(2)23)18(28-12(3)24)19(29-13(4)25)20(31-16)30-15-7-5-14(21)6-8-15/h5-8,16-20H,9H2,1-4H3/t16-,17+,18+,19-,20-/m1/s1. The molecule has 1 heterocycles. The number of rotatable bonds is 7. The molecule has 11 heteroatoms. The van der Waals surface area contributed by atoms with Crippen LogP contribution in [0.2, 0.25) is 0 Å². The van der Waals surface area contributed by atoms with Gasteiger partial charge in [0, 0.05) is 32.2 Å². The molecule has 1 aromatic carbocycles. The van der Waals surface area contributed by atoms with Gasteiger partial charge in [-0.05, 0) is 24.3 Å². The second-order valence-electron chi connectivity index (χ2n) is 6.64. The minimum Gasteiger partial charge on any atom is -0.463 e. The molecular weight excluding hydrogens is 480 g/mol. The first-order valence-electron chi connectivity index (χ1n) is 9.29. The van der Waals surface area contributed by atoms with Crippen LogP contribution in [-0.4, -0.2) is 61.2 Å². The van der Waals surface area contributed by atoms with Crippen LogP contribution in [0.4, 0.5) is 0 Å². The van der Waals surface area contributed by atoms with Crippen molar-refractivity contribution < 1.29 is 47.6 Å². The highest BCUT2D eigenvalue weighted by atomic mass is 79.9. The van der Waals surface area contributed by atoms with Crippen molar-refractivity contribution in [1.29, 1.82) is 0 Å². The van der Waals surface area contributed by atoms with Crippen molar-refractivity contribution in [2.45, 2.75) is 58.4 Å². The molecule has 31 heavy (non-hydrogen) atoms. The fourth-order valence-electron chi connectivity index (χ4n) is 2.93. The lowest BCUT2D eigenvalue weighted by Gasteiger charge is -2.43. The zero-order valence-electron chi connectivity index (χ0n) is 17.4. The molecule has 0 spiro atoms. The molecule has 2 rings (SSSR count). The lowest BCUT2D eigenvalue weighted by molar-refractivity contribution is -0.288. The van der Waals surface area contributed by atoms with Gasteiger partial charge in [0.25, 0.3) is 0 Å². The first-order chi connectivity index (χ1) is 14.6. The van der Waals surface area contributed by atoms with Crippen LogP contribution < -0.4 is 4.74 Å². The quantitative estimate of drug-likeness (QED) is 0.403. The van der Waals surface area contributed by atoms with Crippen molar-refractivity contribution in [2.75, 3.05) is 6.61 Å². The van der Waals surface area contributed by atoms with E-state index in [1.54, 1.807) is 24.3 Å². The van der Waals surface area contributed by atoms with E-state index < -0.39 is 54.6 Å². The number of benzene rings is 1. The average molecular weight is 503 g/mol. The fourth-order valence-corrected chi connectivity index (χ4v) is 3.20. The largest absolute Gasteiger partial charge is 0.463 e. The Morgan fingerprint density at radius 1 is 0.806 bits per heavy atom. The summed E-state index contributed by atoms with van der Waals surface area (Å²) >= 11 is 3.32. The zero-order valence-corrected chi connectivity index (χ0v) is 18.9. The van der Waals surface area contributed by atoms with E-state index in [0.29, 0.717) is 5.75 Å². The summed E-state index contributed by atoms with van der Waals surface area (Å²) in [7, 11) is 0. The Labute approximate surface area is 187 Å². The number of hydrogen-bond donors (Lipinski definition) is 0. The smallest absolute Gasteiger partial charge is 0.303 e. The maximum atomic E-state index is 11.8. The van der Waals surface area contributed by atoms with Crippen LogP contribution in [-0.2, 0) is 42.9 Å². The van der Waals surface area contributed by atoms with E-state index >= 15 is 0 Å². The summed E-state index contributed by atoms with van der Waals surface area (Å²) in [5.41, 5.74) is 0. The number of esters is 4. The van der Waals surface area contributed by atoms with Crippen LogP contribution in [0.1, 0.15) is 27.7 Å². The highest BCUT2D eigenvalue weighted by Crippen LogP contribution is 2.31. The maximum absolute atomic E-state index is 11.8. The van der Waals surface area contributed by atoms with Crippen molar-refractivity contribution in [1.82, 2.24) is 0 Å². The van der Waals surface area contributed by atoms with E-state index in [-0.39, 0.29) is 6.61 Å². The van der Waals surface area contributed by atoms with Crippen LogP contribution in [0, 0.1) is 0 Å². The van der Waals surface area contributed by atoms with Crippen molar-refractivity contribution >= 4 is 39.8 Å². The van der Waals surface area contributed by atoms with E-state index in [2.05, 4.69) is 15.9 Å². The molecule has 0 radical (unpaired) electrons. The van der Waals surface area contributed by atoms with Crippen molar-refractivity contribution in [2.24, 2.45) is 0 Å². The van der Waals surface area contributed by atoms with Crippen LogP contribution in [0.5, 0.6) is 5.75 Å². The number of ether oxygens (including phenoxy) is 6. The van der Waals surface area contributed by atoms with Gasteiger partial charge in [-0.25, -0.2) is 0 Å². The highest BCUT2D eigenvalue weighted by molar-refractivity contribution is 9.10. The second-order valence-corrected chi connectivity index (χ2v) is 7.56. The lowest BCUT2D eigenvalue weighted by atomic mass is 9.98. The zero-order chi connectivity index (χ0) is 23.1. The molecule has 0 amide bonds. The maximum Gasteiger partial charge on any atom is 0.303 e. The molecular formula is C20H23BrO10. The number of hydrogen-bond acceptors (Lipinski definition) is 10. The predicted octanol–water partition coefficient (Wildman–Crippen LogP) is 1.91. The van der Waals surface area contributed by atoms with Crippen molar-refractivity contribution in [3.63, 3.8) is 0 Å². The Morgan fingerprint density at radius 2 is 1.32 bits per heavy atom. The molecule has 0 aromatic heterocycles. The Balaban J connectivity index is 2.43. The molecule has 5 atom stereocenters. The molecule has 170 valence electrons. The van der Waals surface area contributed by atoms with E-state index in [0.717, 1.165) is 25.2 Å². The molecule has 0 unspecified atom stereocenters. The monoisotopic (exact) mass is 502 g/mol. The molecule has 1 saturated heterocycles. The summed E-state index contributed by atoms with van der Waals surface area (Å²) in [5, 5.41) is 0. The van der Waals surface area contributed by atoms with E-state index in [1.807, 2.05) is 0 Å². The average Bonchev–Trinajstić information content (AvgIpc) is 2.65. The van der Waals surface area contributed by atoms with Gasteiger partial charge >= 0.3 is 23.9 Å². The van der Waals surface area contributed by atoms with Gasteiger partial charge in [0.1, 0.15) is 18.5 Å². The third-order valence-corrected chi connectivity index (χ3v) is 4.54. The summed E-state index contributed by atoms with van der Waals surface area (Å²) in [6.45, 7) is 4.34. The Hall–Kier alpha value is -2.66. The summed E-state index contributed by atoms with van der Waals surface area (Å²) in [5.74, 6) is -2.34. The van der Waals surface area contributed by atoms with Crippen LogP contribution in [0.15, 0.2) is 28.7 Å². The predicted molar refractivity (Wildman–Crippen MR) is 107 cm³/mol. The van der Waals surface area contributed by atoms with E-state index in [9.17, 15) is 19.2 Å².